The van der Waals surface area contributed by atoms with E-state index in [1.807, 2.05) is 24.3 Å². The van der Waals surface area contributed by atoms with Crippen LogP contribution in [0.3, 0.4) is 0 Å². The highest BCUT2D eigenvalue weighted by Gasteiger charge is 2.11. The topological polar surface area (TPSA) is 47.6 Å². The molecule has 2 aromatic carbocycles. The summed E-state index contributed by atoms with van der Waals surface area (Å²) in [6.45, 7) is -2.51. The maximum atomic E-state index is 12.3. The lowest BCUT2D eigenvalue weighted by molar-refractivity contribution is -0.116. The number of methoxy groups -OCH3 is 1. The van der Waals surface area contributed by atoms with Crippen molar-refractivity contribution in [2.45, 2.75) is 13.0 Å². The van der Waals surface area contributed by atoms with Crippen molar-refractivity contribution in [3.63, 3.8) is 0 Å². The number of halogens is 3. The molecule has 0 radical (unpaired) electrons. The van der Waals surface area contributed by atoms with E-state index in [2.05, 4.69) is 26.0 Å². The van der Waals surface area contributed by atoms with Crippen molar-refractivity contribution in [2.75, 3.05) is 13.7 Å². The predicted molar refractivity (Wildman–Crippen MR) is 99.5 cm³/mol. The second kappa shape index (κ2) is 9.91. The van der Waals surface area contributed by atoms with Gasteiger partial charge in [-0.1, -0.05) is 34.1 Å². The fourth-order valence-electron chi connectivity index (χ4n) is 2.23. The van der Waals surface area contributed by atoms with Gasteiger partial charge in [0.05, 0.1) is 7.11 Å². The monoisotopic (exact) mass is 425 g/mol. The quantitative estimate of drug-likeness (QED) is 0.636. The molecule has 2 aromatic rings. The minimum atomic E-state index is -2.91. The standard InChI is InChI=1S/C19H18BrF2NO3/c1-25-17-12-14(5-7-16(17)26-19(21)22)9-10-23-18(24)8-6-13-3-2-4-15(20)11-13/h2-8,11-12,19H,9-10H2,1H3,(H,23,24)/b8-6+. The lowest BCUT2D eigenvalue weighted by atomic mass is 10.1. The van der Waals surface area contributed by atoms with E-state index >= 15 is 0 Å². The lowest BCUT2D eigenvalue weighted by Crippen LogP contribution is -2.23. The SMILES string of the molecule is COc1cc(CCNC(=O)/C=C/c2cccc(Br)c2)ccc1OC(F)F. The summed E-state index contributed by atoms with van der Waals surface area (Å²) in [6.07, 6.45) is 3.71. The highest BCUT2D eigenvalue weighted by Crippen LogP contribution is 2.29. The Labute approximate surface area is 158 Å². The number of alkyl halides is 2. The average Bonchev–Trinajstić information content (AvgIpc) is 2.61. The molecule has 1 N–H and O–H groups in total. The highest BCUT2D eigenvalue weighted by molar-refractivity contribution is 9.10. The van der Waals surface area contributed by atoms with Crippen LogP contribution in [0.15, 0.2) is 53.0 Å². The molecule has 1 amide bonds. The number of carbonyl (C=O) groups is 1. The van der Waals surface area contributed by atoms with E-state index in [1.165, 1.54) is 19.3 Å². The number of hydrogen-bond acceptors (Lipinski definition) is 3. The van der Waals surface area contributed by atoms with Crippen molar-refractivity contribution in [3.05, 3.63) is 64.1 Å². The van der Waals surface area contributed by atoms with Crippen LogP contribution in [-0.4, -0.2) is 26.2 Å². The van der Waals surface area contributed by atoms with Crippen LogP contribution in [0.4, 0.5) is 8.78 Å². The third-order valence-corrected chi connectivity index (χ3v) is 3.93. The number of benzene rings is 2. The first kappa shape index (κ1) is 19.9. The predicted octanol–water partition coefficient (Wildman–Crippen LogP) is 4.43. The molecule has 26 heavy (non-hydrogen) atoms. The minimum Gasteiger partial charge on any atom is -0.493 e. The van der Waals surface area contributed by atoms with Gasteiger partial charge in [-0.3, -0.25) is 4.79 Å². The number of rotatable bonds is 8. The van der Waals surface area contributed by atoms with Crippen molar-refractivity contribution in [3.8, 4) is 11.5 Å². The Morgan fingerprint density at radius 1 is 1.23 bits per heavy atom. The van der Waals surface area contributed by atoms with E-state index < -0.39 is 6.61 Å². The van der Waals surface area contributed by atoms with Crippen LogP contribution in [0.1, 0.15) is 11.1 Å². The largest absolute Gasteiger partial charge is 0.493 e. The Morgan fingerprint density at radius 2 is 2.04 bits per heavy atom. The van der Waals surface area contributed by atoms with E-state index in [9.17, 15) is 13.6 Å². The van der Waals surface area contributed by atoms with Crippen molar-refractivity contribution < 1.29 is 23.0 Å². The van der Waals surface area contributed by atoms with Crippen molar-refractivity contribution in [2.24, 2.45) is 0 Å². The molecule has 0 unspecified atom stereocenters. The second-order valence-corrected chi connectivity index (χ2v) is 6.21. The second-order valence-electron chi connectivity index (χ2n) is 5.29. The van der Waals surface area contributed by atoms with Crippen LogP contribution in [0.2, 0.25) is 0 Å². The first-order valence-electron chi connectivity index (χ1n) is 7.81. The molecule has 0 bridgehead atoms. The molecular weight excluding hydrogens is 408 g/mol. The first-order valence-corrected chi connectivity index (χ1v) is 8.60. The maximum Gasteiger partial charge on any atom is 0.387 e. The van der Waals surface area contributed by atoms with Crippen LogP contribution in [0.5, 0.6) is 11.5 Å². The van der Waals surface area contributed by atoms with Gasteiger partial charge < -0.3 is 14.8 Å². The van der Waals surface area contributed by atoms with E-state index in [4.69, 9.17) is 4.74 Å². The summed E-state index contributed by atoms with van der Waals surface area (Å²) in [7, 11) is 1.38. The molecule has 0 fully saturated rings. The van der Waals surface area contributed by atoms with E-state index in [0.29, 0.717) is 13.0 Å². The van der Waals surface area contributed by atoms with Crippen LogP contribution < -0.4 is 14.8 Å². The third-order valence-electron chi connectivity index (χ3n) is 3.43. The van der Waals surface area contributed by atoms with Gasteiger partial charge >= 0.3 is 6.61 Å². The van der Waals surface area contributed by atoms with Gasteiger partial charge in [0.2, 0.25) is 5.91 Å². The molecule has 0 saturated carbocycles. The summed E-state index contributed by atoms with van der Waals surface area (Å²) in [5.41, 5.74) is 1.74. The van der Waals surface area contributed by atoms with Crippen LogP contribution in [0, 0.1) is 0 Å². The van der Waals surface area contributed by atoms with E-state index in [0.717, 1.165) is 15.6 Å². The fourth-order valence-corrected chi connectivity index (χ4v) is 2.65. The maximum absolute atomic E-state index is 12.3. The molecule has 0 aromatic heterocycles. The van der Waals surface area contributed by atoms with Crippen LogP contribution in [0.25, 0.3) is 6.08 Å². The molecule has 0 spiro atoms. The number of carbonyl (C=O) groups excluding carboxylic acids is 1. The highest BCUT2D eigenvalue weighted by atomic mass is 79.9. The van der Waals surface area contributed by atoms with Crippen molar-refractivity contribution >= 4 is 27.9 Å². The molecule has 0 aliphatic heterocycles. The van der Waals surface area contributed by atoms with Gasteiger partial charge in [0.15, 0.2) is 11.5 Å². The van der Waals surface area contributed by atoms with Crippen LogP contribution in [-0.2, 0) is 11.2 Å². The molecule has 4 nitrogen and oxygen atoms in total. The number of nitrogens with one attached hydrogen (secondary N) is 1. The van der Waals surface area contributed by atoms with Gasteiger partial charge in [-0.2, -0.15) is 8.78 Å². The Bertz CT molecular complexity index is 781. The summed E-state index contributed by atoms with van der Waals surface area (Å²) in [5.74, 6) is -0.00879. The number of hydrogen-bond donors (Lipinski definition) is 1. The zero-order chi connectivity index (χ0) is 18.9. The van der Waals surface area contributed by atoms with Crippen molar-refractivity contribution in [1.82, 2.24) is 5.32 Å². The zero-order valence-electron chi connectivity index (χ0n) is 14.0. The van der Waals surface area contributed by atoms with E-state index in [1.54, 1.807) is 18.2 Å². The molecule has 7 heteroatoms. The van der Waals surface area contributed by atoms with Gasteiger partial charge in [-0.15, -0.1) is 0 Å². The van der Waals surface area contributed by atoms with Gasteiger partial charge in [0, 0.05) is 17.1 Å². The summed E-state index contributed by atoms with van der Waals surface area (Å²) >= 11 is 3.37. The molecular formula is C19H18BrF2NO3. The van der Waals surface area contributed by atoms with E-state index in [-0.39, 0.29) is 17.4 Å². The Morgan fingerprint density at radius 3 is 2.73 bits per heavy atom. The lowest BCUT2D eigenvalue weighted by Gasteiger charge is -2.11. The molecule has 0 aliphatic rings. The molecule has 0 saturated heterocycles. The Hall–Kier alpha value is -2.41. The summed E-state index contributed by atoms with van der Waals surface area (Å²) < 4.78 is 35.0. The fraction of sp³-hybridized carbons (Fsp3) is 0.211. The zero-order valence-corrected chi connectivity index (χ0v) is 15.6. The smallest absolute Gasteiger partial charge is 0.387 e. The molecule has 0 aliphatic carbocycles. The van der Waals surface area contributed by atoms with Gasteiger partial charge in [-0.05, 0) is 47.9 Å². The summed E-state index contributed by atoms with van der Waals surface area (Å²) in [4.78, 5) is 11.9. The van der Waals surface area contributed by atoms with Gasteiger partial charge in [-0.25, -0.2) is 0 Å². The summed E-state index contributed by atoms with van der Waals surface area (Å²) in [5, 5.41) is 2.77. The molecule has 2 rings (SSSR count). The normalized spacial score (nSPS) is 11.0. The Balaban J connectivity index is 1.86. The third kappa shape index (κ3) is 6.48. The van der Waals surface area contributed by atoms with Gasteiger partial charge in [0.25, 0.3) is 0 Å². The van der Waals surface area contributed by atoms with Gasteiger partial charge in [0.1, 0.15) is 0 Å². The molecule has 0 heterocycles. The molecule has 138 valence electrons. The summed E-state index contributed by atoms with van der Waals surface area (Å²) in [6, 6.07) is 12.3. The van der Waals surface area contributed by atoms with Crippen molar-refractivity contribution in [1.29, 1.82) is 0 Å². The molecule has 0 atom stereocenters. The minimum absolute atomic E-state index is 0.0211. The number of ether oxygens (including phenoxy) is 2. The average molecular weight is 426 g/mol. The first-order chi connectivity index (χ1) is 12.5. The number of amides is 1. The van der Waals surface area contributed by atoms with Crippen LogP contribution >= 0.6 is 15.9 Å². The Kier molecular flexibility index (Phi) is 7.59.